The van der Waals surface area contributed by atoms with Crippen molar-refractivity contribution in [2.75, 3.05) is 73.0 Å². The van der Waals surface area contributed by atoms with Crippen LogP contribution in [0.5, 0.6) is 0 Å². The molecule has 3 aromatic carbocycles. The van der Waals surface area contributed by atoms with Crippen LogP contribution in [0.15, 0.2) is 66.7 Å². The summed E-state index contributed by atoms with van der Waals surface area (Å²) in [7, 11) is 0. The van der Waals surface area contributed by atoms with Crippen LogP contribution in [0.2, 0.25) is 0 Å². The molecular formula is C27H36N4O4. The summed E-state index contributed by atoms with van der Waals surface area (Å²) in [4.78, 5) is 3.88. The monoisotopic (exact) mass is 480 g/mol. The van der Waals surface area contributed by atoms with Crippen LogP contribution in [0.25, 0.3) is 0 Å². The average molecular weight is 481 g/mol. The zero-order valence-electron chi connectivity index (χ0n) is 20.2. The van der Waals surface area contributed by atoms with Crippen molar-refractivity contribution in [3.8, 4) is 0 Å². The Hall–Kier alpha value is -3.30. The quantitative estimate of drug-likeness (QED) is 0.209. The Morgan fingerprint density at radius 2 is 0.857 bits per heavy atom. The summed E-state index contributed by atoms with van der Waals surface area (Å²) in [6, 6.07) is 22.0. The summed E-state index contributed by atoms with van der Waals surface area (Å²) in [6.45, 7) is 4.08. The van der Waals surface area contributed by atoms with Crippen LogP contribution in [-0.4, -0.2) is 73.0 Å². The molecule has 0 aromatic heterocycles. The highest BCUT2D eigenvalue weighted by molar-refractivity contribution is 5.71. The van der Waals surface area contributed by atoms with E-state index in [0.717, 1.165) is 39.7 Å². The van der Waals surface area contributed by atoms with E-state index in [2.05, 4.69) is 22.8 Å². The van der Waals surface area contributed by atoms with Gasteiger partial charge in [0.2, 0.25) is 0 Å². The minimum absolute atomic E-state index is 0.0331. The fourth-order valence-corrected chi connectivity index (χ4v) is 3.99. The minimum atomic E-state index is 0.0331. The molecule has 6 N–H and O–H groups in total. The number of hydrogen-bond donors (Lipinski definition) is 6. The van der Waals surface area contributed by atoms with E-state index in [1.165, 1.54) is 0 Å². The highest BCUT2D eigenvalue weighted by atomic mass is 16.3. The van der Waals surface area contributed by atoms with Crippen LogP contribution in [0.4, 0.5) is 34.1 Å². The molecule has 0 fully saturated rings. The zero-order chi connectivity index (χ0) is 25.0. The Kier molecular flexibility index (Phi) is 10.2. The molecule has 0 aliphatic rings. The number of rotatable bonds is 14. The lowest BCUT2D eigenvalue weighted by atomic mass is 10.1. The van der Waals surface area contributed by atoms with Crippen molar-refractivity contribution in [1.29, 1.82) is 0 Å². The number of hydrogen-bond acceptors (Lipinski definition) is 8. The second-order valence-electron chi connectivity index (χ2n) is 8.30. The molecule has 8 nitrogen and oxygen atoms in total. The fraction of sp³-hybridized carbons (Fsp3) is 0.333. The first-order valence-corrected chi connectivity index (χ1v) is 11.9. The van der Waals surface area contributed by atoms with Gasteiger partial charge in [0.1, 0.15) is 0 Å². The second kappa shape index (κ2) is 13.6. The van der Waals surface area contributed by atoms with Gasteiger partial charge >= 0.3 is 0 Å². The topological polar surface area (TPSA) is 111 Å². The predicted molar refractivity (Wildman–Crippen MR) is 143 cm³/mol. The fourth-order valence-electron chi connectivity index (χ4n) is 3.99. The zero-order valence-corrected chi connectivity index (χ0v) is 20.2. The largest absolute Gasteiger partial charge is 0.395 e. The third-order valence-electron chi connectivity index (χ3n) is 5.60. The summed E-state index contributed by atoms with van der Waals surface area (Å²) in [6.07, 6.45) is 0. The number of aryl methyl sites for hydroxylation is 1. The molecule has 0 heterocycles. The normalized spacial score (nSPS) is 10.8. The number of anilines is 6. The lowest BCUT2D eigenvalue weighted by Gasteiger charge is -2.23. The maximum absolute atomic E-state index is 9.25. The van der Waals surface area contributed by atoms with Gasteiger partial charge < -0.3 is 40.9 Å². The predicted octanol–water partition coefficient (Wildman–Crippen LogP) is 3.06. The third kappa shape index (κ3) is 7.87. The van der Waals surface area contributed by atoms with Gasteiger partial charge in [-0.15, -0.1) is 0 Å². The Balaban J connectivity index is 1.69. The number of aliphatic hydroxyl groups excluding tert-OH is 4. The molecule has 8 heteroatoms. The first-order chi connectivity index (χ1) is 17.1. The van der Waals surface area contributed by atoms with Gasteiger partial charge in [0, 0.05) is 60.3 Å². The highest BCUT2D eigenvalue weighted by Crippen LogP contribution is 2.27. The van der Waals surface area contributed by atoms with Gasteiger partial charge in [0.15, 0.2) is 0 Å². The van der Waals surface area contributed by atoms with E-state index in [1.54, 1.807) is 0 Å². The van der Waals surface area contributed by atoms with Gasteiger partial charge in [0.25, 0.3) is 0 Å². The Morgan fingerprint density at radius 1 is 0.514 bits per heavy atom. The molecule has 3 rings (SSSR count). The van der Waals surface area contributed by atoms with E-state index in [0.29, 0.717) is 26.2 Å². The van der Waals surface area contributed by atoms with E-state index in [9.17, 15) is 20.4 Å². The van der Waals surface area contributed by atoms with Gasteiger partial charge in [-0.1, -0.05) is 0 Å². The maximum atomic E-state index is 9.25. The second-order valence-corrected chi connectivity index (χ2v) is 8.30. The maximum Gasteiger partial charge on any atom is 0.0606 e. The summed E-state index contributed by atoms with van der Waals surface area (Å²) >= 11 is 0. The third-order valence-corrected chi connectivity index (χ3v) is 5.60. The van der Waals surface area contributed by atoms with E-state index in [-0.39, 0.29) is 26.4 Å². The number of nitrogens with zero attached hydrogens (tertiary/aromatic N) is 2. The molecule has 3 aromatic rings. The van der Waals surface area contributed by atoms with E-state index in [4.69, 9.17) is 0 Å². The molecule has 0 bridgehead atoms. The van der Waals surface area contributed by atoms with Gasteiger partial charge in [-0.25, -0.2) is 0 Å². The molecule has 0 saturated heterocycles. The molecule has 0 aliphatic carbocycles. The molecule has 0 atom stereocenters. The van der Waals surface area contributed by atoms with Crippen LogP contribution in [0.3, 0.4) is 0 Å². The summed E-state index contributed by atoms with van der Waals surface area (Å²) in [5, 5.41) is 43.9. The smallest absolute Gasteiger partial charge is 0.0606 e. The Labute approximate surface area is 207 Å². The SMILES string of the molecule is Cc1cc(Nc2ccc(N(CCO)CCO)cc2)cc(Nc2ccc(N(CCO)CCO)cc2)c1. The molecule has 0 unspecified atom stereocenters. The van der Waals surface area contributed by atoms with E-state index >= 15 is 0 Å². The van der Waals surface area contributed by atoms with Crippen LogP contribution in [0, 0.1) is 6.92 Å². The van der Waals surface area contributed by atoms with Gasteiger partial charge in [-0.05, 0) is 79.2 Å². The summed E-state index contributed by atoms with van der Waals surface area (Å²) < 4.78 is 0. The molecule has 0 aliphatic heterocycles. The number of aliphatic hydroxyl groups is 4. The lowest BCUT2D eigenvalue weighted by Crippen LogP contribution is -2.29. The molecule has 188 valence electrons. The number of benzene rings is 3. The van der Waals surface area contributed by atoms with Crippen LogP contribution >= 0.6 is 0 Å². The Bertz CT molecular complexity index is 937. The summed E-state index contributed by atoms with van der Waals surface area (Å²) in [5.41, 5.74) is 6.80. The van der Waals surface area contributed by atoms with Crippen molar-refractivity contribution in [2.24, 2.45) is 0 Å². The van der Waals surface area contributed by atoms with Gasteiger partial charge in [-0.3, -0.25) is 0 Å². The molecule has 0 radical (unpaired) electrons. The van der Waals surface area contributed by atoms with E-state index in [1.807, 2.05) is 71.3 Å². The van der Waals surface area contributed by atoms with Gasteiger partial charge in [-0.2, -0.15) is 0 Å². The van der Waals surface area contributed by atoms with Crippen molar-refractivity contribution >= 4 is 34.1 Å². The summed E-state index contributed by atoms with van der Waals surface area (Å²) in [5.74, 6) is 0. The van der Waals surface area contributed by atoms with Crippen LogP contribution < -0.4 is 20.4 Å². The van der Waals surface area contributed by atoms with Crippen LogP contribution in [0.1, 0.15) is 5.56 Å². The van der Waals surface area contributed by atoms with E-state index < -0.39 is 0 Å². The minimum Gasteiger partial charge on any atom is -0.395 e. The van der Waals surface area contributed by atoms with Crippen molar-refractivity contribution in [1.82, 2.24) is 0 Å². The van der Waals surface area contributed by atoms with Crippen molar-refractivity contribution < 1.29 is 20.4 Å². The lowest BCUT2D eigenvalue weighted by molar-refractivity contribution is 0.280. The van der Waals surface area contributed by atoms with Crippen LogP contribution in [-0.2, 0) is 0 Å². The first kappa shape index (κ1) is 26.3. The highest BCUT2D eigenvalue weighted by Gasteiger charge is 2.07. The first-order valence-electron chi connectivity index (χ1n) is 11.9. The molecular weight excluding hydrogens is 444 g/mol. The average Bonchev–Trinajstić information content (AvgIpc) is 2.84. The van der Waals surface area contributed by atoms with Crippen molar-refractivity contribution in [3.63, 3.8) is 0 Å². The number of nitrogens with one attached hydrogen (secondary N) is 2. The standard InChI is InChI=1S/C27H36N4O4/c1-21-18-24(28-22-2-6-26(7-3-22)30(10-14-32)11-15-33)20-25(19-21)29-23-4-8-27(9-5-23)31(12-16-34)13-17-35/h2-9,18-20,28-29,32-35H,10-17H2,1H3. The van der Waals surface area contributed by atoms with Gasteiger partial charge in [0.05, 0.1) is 26.4 Å². The molecule has 35 heavy (non-hydrogen) atoms. The molecule has 0 amide bonds. The molecule has 0 spiro atoms. The Morgan fingerprint density at radius 3 is 1.17 bits per heavy atom. The van der Waals surface area contributed by atoms with Crippen molar-refractivity contribution in [2.45, 2.75) is 6.92 Å². The van der Waals surface area contributed by atoms with Crippen molar-refractivity contribution in [3.05, 3.63) is 72.3 Å². The molecule has 0 saturated carbocycles.